The van der Waals surface area contributed by atoms with Gasteiger partial charge in [0.2, 0.25) is 0 Å². The van der Waals surface area contributed by atoms with E-state index in [-0.39, 0.29) is 17.7 Å². The number of likely N-dealkylation sites (tertiary alicyclic amines) is 1. The Bertz CT molecular complexity index is 533. The molecule has 0 spiro atoms. The van der Waals surface area contributed by atoms with Gasteiger partial charge in [-0.05, 0) is 31.7 Å². The molecule has 120 valence electrons. The smallest absolute Gasteiger partial charge is 0.270 e. The van der Waals surface area contributed by atoms with Gasteiger partial charge in [0.25, 0.3) is 11.6 Å². The Kier molecular flexibility index (Phi) is 5.89. The SMILES string of the molecule is CCCO[C@@H]1CCCN(C(=O)c2cccc([N+](=O)[O-])c2)CC1. The predicted molar refractivity (Wildman–Crippen MR) is 82.9 cm³/mol. The maximum Gasteiger partial charge on any atom is 0.270 e. The summed E-state index contributed by atoms with van der Waals surface area (Å²) in [6.07, 6.45) is 3.88. The number of nitrogens with zero attached hydrogens (tertiary/aromatic N) is 2. The molecule has 0 aromatic heterocycles. The molecule has 0 radical (unpaired) electrons. The van der Waals surface area contributed by atoms with Crippen molar-refractivity contribution in [2.45, 2.75) is 38.7 Å². The molecule has 1 aromatic rings. The molecule has 1 aliphatic heterocycles. The standard InChI is InChI=1S/C16H22N2O4/c1-2-11-22-15-7-4-9-17(10-8-15)16(19)13-5-3-6-14(12-13)18(20)21/h3,5-6,12,15H,2,4,7-11H2,1H3/t15-/m1/s1. The first-order valence-corrected chi connectivity index (χ1v) is 7.77. The molecule has 0 bridgehead atoms. The third-order valence-corrected chi connectivity index (χ3v) is 3.82. The molecule has 0 N–H and O–H groups in total. The van der Waals surface area contributed by atoms with E-state index in [0.29, 0.717) is 18.7 Å². The molecule has 22 heavy (non-hydrogen) atoms. The number of rotatable bonds is 5. The Morgan fingerprint density at radius 3 is 2.95 bits per heavy atom. The fraction of sp³-hybridized carbons (Fsp3) is 0.562. The number of nitro groups is 1. The van der Waals surface area contributed by atoms with Crippen LogP contribution in [0, 0.1) is 10.1 Å². The van der Waals surface area contributed by atoms with Crippen molar-refractivity contribution in [1.82, 2.24) is 4.90 Å². The minimum absolute atomic E-state index is 0.0511. The van der Waals surface area contributed by atoms with E-state index in [4.69, 9.17) is 4.74 Å². The lowest BCUT2D eigenvalue weighted by atomic mass is 10.1. The summed E-state index contributed by atoms with van der Waals surface area (Å²) in [6.45, 7) is 4.14. The van der Waals surface area contributed by atoms with Crippen LogP contribution in [0.3, 0.4) is 0 Å². The van der Waals surface area contributed by atoms with Crippen LogP contribution in [-0.4, -0.2) is 41.5 Å². The summed E-state index contributed by atoms with van der Waals surface area (Å²) < 4.78 is 5.77. The fourth-order valence-electron chi connectivity index (χ4n) is 2.66. The van der Waals surface area contributed by atoms with Crippen LogP contribution in [0.1, 0.15) is 43.0 Å². The van der Waals surface area contributed by atoms with E-state index < -0.39 is 4.92 Å². The van der Waals surface area contributed by atoms with Crippen molar-refractivity contribution in [2.75, 3.05) is 19.7 Å². The monoisotopic (exact) mass is 306 g/mol. The van der Waals surface area contributed by atoms with Crippen molar-refractivity contribution in [3.63, 3.8) is 0 Å². The number of non-ortho nitro benzene ring substituents is 1. The molecule has 1 aromatic carbocycles. The molecule has 1 amide bonds. The molecule has 1 fully saturated rings. The molecule has 6 heteroatoms. The van der Waals surface area contributed by atoms with Crippen LogP contribution < -0.4 is 0 Å². The first-order valence-electron chi connectivity index (χ1n) is 7.77. The molecule has 1 heterocycles. The topological polar surface area (TPSA) is 72.7 Å². The van der Waals surface area contributed by atoms with E-state index in [9.17, 15) is 14.9 Å². The third-order valence-electron chi connectivity index (χ3n) is 3.82. The molecule has 0 saturated carbocycles. The lowest BCUT2D eigenvalue weighted by Crippen LogP contribution is -2.32. The van der Waals surface area contributed by atoms with E-state index in [1.165, 1.54) is 12.1 Å². The van der Waals surface area contributed by atoms with Crippen molar-refractivity contribution in [3.05, 3.63) is 39.9 Å². The third kappa shape index (κ3) is 4.27. The Morgan fingerprint density at radius 2 is 2.23 bits per heavy atom. The number of benzene rings is 1. The maximum absolute atomic E-state index is 12.5. The minimum Gasteiger partial charge on any atom is -0.378 e. The largest absolute Gasteiger partial charge is 0.378 e. The number of amides is 1. The van der Waals surface area contributed by atoms with Crippen molar-refractivity contribution >= 4 is 11.6 Å². The Hall–Kier alpha value is -1.95. The fourth-order valence-corrected chi connectivity index (χ4v) is 2.66. The second kappa shape index (κ2) is 7.89. The van der Waals surface area contributed by atoms with Crippen molar-refractivity contribution in [2.24, 2.45) is 0 Å². The van der Waals surface area contributed by atoms with Gasteiger partial charge in [-0.2, -0.15) is 0 Å². The van der Waals surface area contributed by atoms with Gasteiger partial charge in [-0.1, -0.05) is 13.0 Å². The highest BCUT2D eigenvalue weighted by molar-refractivity contribution is 5.94. The molecular formula is C16H22N2O4. The molecular weight excluding hydrogens is 284 g/mol. The molecule has 1 aliphatic rings. The zero-order valence-electron chi connectivity index (χ0n) is 12.9. The highest BCUT2D eigenvalue weighted by atomic mass is 16.6. The van der Waals surface area contributed by atoms with Crippen LogP contribution in [0.5, 0.6) is 0 Å². The number of hydrogen-bond donors (Lipinski definition) is 0. The predicted octanol–water partition coefficient (Wildman–Crippen LogP) is 3.02. The van der Waals surface area contributed by atoms with Gasteiger partial charge in [-0.15, -0.1) is 0 Å². The number of carbonyl (C=O) groups is 1. The van der Waals surface area contributed by atoms with Crippen LogP contribution in [0.4, 0.5) is 5.69 Å². The molecule has 1 atom stereocenters. The van der Waals surface area contributed by atoms with Crippen molar-refractivity contribution in [3.8, 4) is 0 Å². The highest BCUT2D eigenvalue weighted by Gasteiger charge is 2.22. The first kappa shape index (κ1) is 16.4. The molecule has 2 rings (SSSR count). The first-order chi connectivity index (χ1) is 10.6. The van der Waals surface area contributed by atoms with Gasteiger partial charge in [-0.3, -0.25) is 14.9 Å². The maximum atomic E-state index is 12.5. The van der Waals surface area contributed by atoms with Crippen molar-refractivity contribution in [1.29, 1.82) is 0 Å². The summed E-state index contributed by atoms with van der Waals surface area (Å²) in [4.78, 5) is 24.6. The lowest BCUT2D eigenvalue weighted by molar-refractivity contribution is -0.384. The van der Waals surface area contributed by atoms with Gasteiger partial charge < -0.3 is 9.64 Å². The van der Waals surface area contributed by atoms with Gasteiger partial charge in [0.1, 0.15) is 0 Å². The van der Waals surface area contributed by atoms with Gasteiger partial charge in [0.05, 0.1) is 11.0 Å². The normalized spacial score (nSPS) is 18.8. The molecule has 1 saturated heterocycles. The summed E-state index contributed by atoms with van der Waals surface area (Å²) >= 11 is 0. The average molecular weight is 306 g/mol. The number of carbonyl (C=O) groups excluding carboxylic acids is 1. The van der Waals surface area contributed by atoms with Gasteiger partial charge >= 0.3 is 0 Å². The second-order valence-electron chi connectivity index (χ2n) is 5.52. The molecule has 0 unspecified atom stereocenters. The van der Waals surface area contributed by atoms with Crippen molar-refractivity contribution < 1.29 is 14.5 Å². The van der Waals surface area contributed by atoms with Crippen LogP contribution in [0.2, 0.25) is 0 Å². The van der Waals surface area contributed by atoms with E-state index in [0.717, 1.165) is 32.3 Å². The minimum atomic E-state index is -0.478. The lowest BCUT2D eigenvalue weighted by Gasteiger charge is -2.20. The van der Waals surface area contributed by atoms with Gasteiger partial charge in [0, 0.05) is 37.4 Å². The number of ether oxygens (including phenoxy) is 1. The van der Waals surface area contributed by atoms with Crippen LogP contribution in [0.15, 0.2) is 24.3 Å². The summed E-state index contributed by atoms with van der Waals surface area (Å²) in [5.41, 5.74) is 0.326. The summed E-state index contributed by atoms with van der Waals surface area (Å²) in [6, 6.07) is 5.92. The van der Waals surface area contributed by atoms with Gasteiger partial charge in [0.15, 0.2) is 0 Å². The van der Waals surface area contributed by atoms with E-state index in [2.05, 4.69) is 6.92 Å². The van der Waals surface area contributed by atoms with Gasteiger partial charge in [-0.25, -0.2) is 0 Å². The van der Waals surface area contributed by atoms with E-state index in [1.807, 2.05) is 0 Å². The van der Waals surface area contributed by atoms with Crippen LogP contribution in [-0.2, 0) is 4.74 Å². The zero-order valence-corrected chi connectivity index (χ0v) is 12.9. The second-order valence-corrected chi connectivity index (χ2v) is 5.52. The molecule has 0 aliphatic carbocycles. The van der Waals surface area contributed by atoms with Crippen LogP contribution in [0.25, 0.3) is 0 Å². The average Bonchev–Trinajstić information content (AvgIpc) is 2.78. The Morgan fingerprint density at radius 1 is 1.41 bits per heavy atom. The summed E-state index contributed by atoms with van der Waals surface area (Å²) in [5, 5.41) is 10.8. The summed E-state index contributed by atoms with van der Waals surface area (Å²) in [5.74, 6) is -0.139. The Balaban J connectivity index is 2.00. The zero-order chi connectivity index (χ0) is 15.9. The number of hydrogen-bond acceptors (Lipinski definition) is 4. The molecule has 6 nitrogen and oxygen atoms in total. The summed E-state index contributed by atoms with van der Waals surface area (Å²) in [7, 11) is 0. The van der Waals surface area contributed by atoms with Crippen LogP contribution >= 0.6 is 0 Å². The number of nitro benzene ring substituents is 1. The van der Waals surface area contributed by atoms with E-state index in [1.54, 1.807) is 17.0 Å². The quantitative estimate of drug-likeness (QED) is 0.619. The highest BCUT2D eigenvalue weighted by Crippen LogP contribution is 2.19. The van der Waals surface area contributed by atoms with E-state index >= 15 is 0 Å². The Labute approximate surface area is 130 Å².